The van der Waals surface area contributed by atoms with Crippen molar-refractivity contribution in [1.82, 2.24) is 9.88 Å². The Morgan fingerprint density at radius 2 is 1.76 bits per heavy atom. The lowest BCUT2D eigenvalue weighted by Gasteiger charge is -2.14. The Bertz CT molecular complexity index is 345. The lowest BCUT2D eigenvalue weighted by Crippen LogP contribution is -2.32. The summed E-state index contributed by atoms with van der Waals surface area (Å²) in [6, 6.07) is 4.22. The van der Waals surface area contributed by atoms with E-state index >= 15 is 0 Å². The molecule has 0 aliphatic rings. The van der Waals surface area contributed by atoms with Gasteiger partial charge in [-0.3, -0.25) is 4.79 Å². The molecule has 0 aliphatic carbocycles. The van der Waals surface area contributed by atoms with Crippen LogP contribution in [0.2, 0.25) is 0 Å². The summed E-state index contributed by atoms with van der Waals surface area (Å²) in [5.41, 5.74) is 2.50. The third-order valence-electron chi connectivity index (χ3n) is 3.41. The zero-order valence-corrected chi connectivity index (χ0v) is 11.4. The molecule has 0 unspecified atom stereocenters. The molecular formula is C14H24N2O. The van der Waals surface area contributed by atoms with E-state index in [1.54, 1.807) is 0 Å². The summed E-state index contributed by atoms with van der Waals surface area (Å²) in [5, 5.41) is 3.02. The monoisotopic (exact) mass is 236 g/mol. The van der Waals surface area contributed by atoms with Crippen molar-refractivity contribution in [3.8, 4) is 0 Å². The Morgan fingerprint density at radius 1 is 1.24 bits per heavy atom. The van der Waals surface area contributed by atoms with Gasteiger partial charge in [0.2, 0.25) is 5.91 Å². The summed E-state index contributed by atoms with van der Waals surface area (Å²) in [7, 11) is 0. The van der Waals surface area contributed by atoms with Gasteiger partial charge in [-0.15, -0.1) is 0 Å². The Labute approximate surface area is 104 Å². The molecule has 0 fully saturated rings. The number of hydrogen-bond donors (Lipinski definition) is 1. The summed E-state index contributed by atoms with van der Waals surface area (Å²) >= 11 is 0. The van der Waals surface area contributed by atoms with Crippen molar-refractivity contribution in [2.45, 2.75) is 47.1 Å². The van der Waals surface area contributed by atoms with Crippen molar-refractivity contribution < 1.29 is 4.79 Å². The maximum Gasteiger partial charge on any atom is 0.223 e. The number of carbonyl (C=O) groups excluding carboxylic acids is 1. The molecule has 0 aromatic carbocycles. The Morgan fingerprint density at radius 3 is 2.24 bits per heavy atom. The fraction of sp³-hybridized carbons (Fsp3) is 0.643. The van der Waals surface area contributed by atoms with Crippen LogP contribution >= 0.6 is 0 Å². The van der Waals surface area contributed by atoms with Crippen LogP contribution in [0.4, 0.5) is 0 Å². The Kier molecular flexibility index (Phi) is 5.26. The van der Waals surface area contributed by atoms with Crippen molar-refractivity contribution in [1.29, 1.82) is 0 Å². The second-order valence-corrected chi connectivity index (χ2v) is 4.57. The molecule has 17 heavy (non-hydrogen) atoms. The fourth-order valence-corrected chi connectivity index (χ4v) is 2.15. The summed E-state index contributed by atoms with van der Waals surface area (Å²) < 4.78 is 2.23. The third kappa shape index (κ3) is 3.62. The minimum absolute atomic E-state index is 0.168. The molecular weight excluding hydrogens is 212 g/mol. The smallest absolute Gasteiger partial charge is 0.223 e. The predicted molar refractivity (Wildman–Crippen MR) is 71.0 cm³/mol. The molecule has 0 saturated heterocycles. The van der Waals surface area contributed by atoms with E-state index < -0.39 is 0 Å². The molecule has 0 aliphatic heterocycles. The normalized spacial score (nSPS) is 10.9. The average Bonchev–Trinajstić information content (AvgIpc) is 2.62. The lowest BCUT2D eigenvalue weighted by molar-refractivity contribution is -0.125. The first kappa shape index (κ1) is 13.8. The van der Waals surface area contributed by atoms with Gasteiger partial charge in [-0.1, -0.05) is 13.8 Å². The van der Waals surface area contributed by atoms with E-state index in [4.69, 9.17) is 0 Å². The molecule has 1 heterocycles. The highest BCUT2D eigenvalue weighted by molar-refractivity contribution is 5.78. The molecule has 1 aromatic rings. The zero-order valence-electron chi connectivity index (χ0n) is 11.4. The molecule has 0 radical (unpaired) electrons. The van der Waals surface area contributed by atoms with Gasteiger partial charge in [0.05, 0.1) is 0 Å². The third-order valence-corrected chi connectivity index (χ3v) is 3.41. The minimum atomic E-state index is 0.168. The van der Waals surface area contributed by atoms with E-state index in [1.165, 1.54) is 11.4 Å². The molecule has 1 amide bonds. The van der Waals surface area contributed by atoms with Crippen LogP contribution < -0.4 is 5.32 Å². The van der Waals surface area contributed by atoms with Crippen LogP contribution in [0.5, 0.6) is 0 Å². The Hall–Kier alpha value is -1.25. The Balaban J connectivity index is 2.40. The average molecular weight is 236 g/mol. The second-order valence-electron chi connectivity index (χ2n) is 4.57. The number of carbonyl (C=O) groups is 1. The predicted octanol–water partition coefficient (Wildman–Crippen LogP) is 2.66. The number of aromatic nitrogens is 1. The minimum Gasteiger partial charge on any atom is -0.354 e. The maximum atomic E-state index is 11.8. The van der Waals surface area contributed by atoms with Crippen molar-refractivity contribution in [3.63, 3.8) is 0 Å². The van der Waals surface area contributed by atoms with E-state index in [-0.39, 0.29) is 11.8 Å². The van der Waals surface area contributed by atoms with Gasteiger partial charge in [-0.05, 0) is 38.8 Å². The number of hydrogen-bond acceptors (Lipinski definition) is 1. The number of nitrogens with zero attached hydrogens (tertiary/aromatic N) is 1. The number of amides is 1. The molecule has 0 bridgehead atoms. The van der Waals surface area contributed by atoms with Gasteiger partial charge in [-0.25, -0.2) is 0 Å². The summed E-state index contributed by atoms with van der Waals surface area (Å²) in [6.07, 6.45) is 1.84. The van der Waals surface area contributed by atoms with E-state index in [0.29, 0.717) is 6.54 Å². The van der Waals surface area contributed by atoms with E-state index in [2.05, 4.69) is 49.7 Å². The van der Waals surface area contributed by atoms with Gasteiger partial charge < -0.3 is 9.88 Å². The molecule has 1 rings (SSSR count). The molecule has 1 N–H and O–H groups in total. The molecule has 0 spiro atoms. The lowest BCUT2D eigenvalue weighted by atomic mass is 10.0. The molecule has 3 heteroatoms. The van der Waals surface area contributed by atoms with E-state index in [0.717, 1.165) is 19.4 Å². The van der Waals surface area contributed by atoms with Gasteiger partial charge in [0.1, 0.15) is 0 Å². The highest BCUT2D eigenvalue weighted by Gasteiger charge is 2.13. The molecule has 96 valence electrons. The van der Waals surface area contributed by atoms with Crippen molar-refractivity contribution in [2.24, 2.45) is 5.92 Å². The topological polar surface area (TPSA) is 34.0 Å². The van der Waals surface area contributed by atoms with Crippen LogP contribution in [0.3, 0.4) is 0 Å². The largest absolute Gasteiger partial charge is 0.354 e. The highest BCUT2D eigenvalue weighted by Crippen LogP contribution is 2.08. The van der Waals surface area contributed by atoms with Gasteiger partial charge >= 0.3 is 0 Å². The van der Waals surface area contributed by atoms with Crippen LogP contribution in [0.15, 0.2) is 12.1 Å². The van der Waals surface area contributed by atoms with Gasteiger partial charge in [-0.2, -0.15) is 0 Å². The fourth-order valence-electron chi connectivity index (χ4n) is 2.15. The second kappa shape index (κ2) is 6.48. The van der Waals surface area contributed by atoms with Crippen LogP contribution in [-0.2, 0) is 11.3 Å². The van der Waals surface area contributed by atoms with Crippen LogP contribution in [0, 0.1) is 19.8 Å². The number of rotatable bonds is 6. The summed E-state index contributed by atoms with van der Waals surface area (Å²) in [4.78, 5) is 11.8. The van der Waals surface area contributed by atoms with Crippen LogP contribution in [-0.4, -0.2) is 17.0 Å². The first-order valence-electron chi connectivity index (χ1n) is 6.50. The summed E-state index contributed by atoms with van der Waals surface area (Å²) in [5.74, 6) is 0.360. The molecule has 0 atom stereocenters. The first-order chi connectivity index (χ1) is 8.10. The van der Waals surface area contributed by atoms with Crippen molar-refractivity contribution in [3.05, 3.63) is 23.5 Å². The summed E-state index contributed by atoms with van der Waals surface area (Å²) in [6.45, 7) is 9.88. The van der Waals surface area contributed by atoms with Gasteiger partial charge in [0, 0.05) is 30.4 Å². The van der Waals surface area contributed by atoms with Gasteiger partial charge in [0.15, 0.2) is 0 Å². The molecule has 3 nitrogen and oxygen atoms in total. The number of nitrogens with one attached hydrogen (secondary N) is 1. The highest BCUT2D eigenvalue weighted by atomic mass is 16.1. The van der Waals surface area contributed by atoms with Crippen LogP contribution in [0.25, 0.3) is 0 Å². The SMILES string of the molecule is CCC(CC)C(=O)NCCn1c(C)ccc1C. The van der Waals surface area contributed by atoms with E-state index in [9.17, 15) is 4.79 Å². The quantitative estimate of drug-likeness (QED) is 0.809. The van der Waals surface area contributed by atoms with E-state index in [1.807, 2.05) is 0 Å². The van der Waals surface area contributed by atoms with Gasteiger partial charge in [0.25, 0.3) is 0 Å². The maximum absolute atomic E-state index is 11.8. The zero-order chi connectivity index (χ0) is 12.8. The van der Waals surface area contributed by atoms with Crippen LogP contribution in [0.1, 0.15) is 38.1 Å². The number of aryl methyl sites for hydroxylation is 2. The molecule has 1 aromatic heterocycles. The van der Waals surface area contributed by atoms with Crippen molar-refractivity contribution in [2.75, 3.05) is 6.54 Å². The van der Waals surface area contributed by atoms with Crippen molar-refractivity contribution >= 4 is 5.91 Å². The standard InChI is InChI=1S/C14H24N2O/c1-5-13(6-2)14(17)15-9-10-16-11(3)7-8-12(16)4/h7-8,13H,5-6,9-10H2,1-4H3,(H,15,17). The first-order valence-corrected chi connectivity index (χ1v) is 6.50. The molecule has 0 saturated carbocycles.